The summed E-state index contributed by atoms with van der Waals surface area (Å²) in [5.74, 6) is 0.234. The number of aromatic nitrogens is 3. The molecule has 4 rings (SSSR count). The molecule has 168 valence electrons. The van der Waals surface area contributed by atoms with Crippen molar-refractivity contribution in [3.05, 3.63) is 28.7 Å². The number of likely N-dealkylation sites (tertiary alicyclic amines) is 2. The third-order valence-electron chi connectivity index (χ3n) is 6.66. The number of amides is 2. The molecule has 1 unspecified atom stereocenters. The number of carbonyl (C=O) groups excluding carboxylic acids is 2. The third-order valence-corrected chi connectivity index (χ3v) is 6.66. The van der Waals surface area contributed by atoms with Gasteiger partial charge in [-0.1, -0.05) is 0 Å². The second kappa shape index (κ2) is 9.34. The van der Waals surface area contributed by atoms with Gasteiger partial charge in [0.25, 0.3) is 0 Å². The van der Waals surface area contributed by atoms with Crippen LogP contribution in [0.4, 0.5) is 0 Å². The number of rotatable bonds is 6. The maximum Gasteiger partial charge on any atom is 0.249 e. The van der Waals surface area contributed by atoms with E-state index in [9.17, 15) is 9.59 Å². The van der Waals surface area contributed by atoms with Crippen molar-refractivity contribution < 1.29 is 14.3 Å². The lowest BCUT2D eigenvalue weighted by atomic mass is 10.0. The van der Waals surface area contributed by atoms with Crippen LogP contribution >= 0.6 is 0 Å². The molecule has 31 heavy (non-hydrogen) atoms. The molecule has 0 aliphatic carbocycles. The van der Waals surface area contributed by atoms with Crippen LogP contribution in [0.5, 0.6) is 0 Å². The number of carbonyl (C=O) groups is 2. The van der Waals surface area contributed by atoms with E-state index in [2.05, 4.69) is 0 Å². The van der Waals surface area contributed by atoms with E-state index in [1.54, 1.807) is 7.11 Å². The molecule has 2 aliphatic rings. The fourth-order valence-corrected chi connectivity index (χ4v) is 4.98. The SMILES string of the molecule is COCC(=O)N1CCCC1c1cc2nc(C)c(CCC(=O)N3CCCCC3)c(C)n2n1. The Morgan fingerprint density at radius 3 is 2.61 bits per heavy atom. The molecule has 2 amide bonds. The molecule has 0 spiro atoms. The van der Waals surface area contributed by atoms with Crippen LogP contribution in [0.25, 0.3) is 5.65 Å². The zero-order chi connectivity index (χ0) is 22.0. The van der Waals surface area contributed by atoms with Gasteiger partial charge in [0.2, 0.25) is 11.8 Å². The molecule has 2 aliphatic heterocycles. The van der Waals surface area contributed by atoms with Crippen LogP contribution < -0.4 is 0 Å². The highest BCUT2D eigenvalue weighted by Crippen LogP contribution is 2.32. The molecule has 2 fully saturated rings. The van der Waals surface area contributed by atoms with Gasteiger partial charge in [-0.05, 0) is 57.9 Å². The second-order valence-electron chi connectivity index (χ2n) is 8.72. The van der Waals surface area contributed by atoms with E-state index >= 15 is 0 Å². The Labute approximate surface area is 183 Å². The van der Waals surface area contributed by atoms with Crippen molar-refractivity contribution in [2.45, 2.75) is 64.8 Å². The van der Waals surface area contributed by atoms with Crippen molar-refractivity contribution in [1.82, 2.24) is 24.4 Å². The van der Waals surface area contributed by atoms with Crippen LogP contribution in [0.2, 0.25) is 0 Å². The highest BCUT2D eigenvalue weighted by molar-refractivity contribution is 5.78. The van der Waals surface area contributed by atoms with Crippen LogP contribution in [-0.2, 0) is 20.7 Å². The predicted molar refractivity (Wildman–Crippen MR) is 117 cm³/mol. The summed E-state index contributed by atoms with van der Waals surface area (Å²) < 4.78 is 6.91. The van der Waals surface area contributed by atoms with Gasteiger partial charge in [-0.2, -0.15) is 5.10 Å². The Morgan fingerprint density at radius 2 is 1.87 bits per heavy atom. The minimum atomic E-state index is -0.0341. The van der Waals surface area contributed by atoms with Gasteiger partial charge in [-0.15, -0.1) is 0 Å². The summed E-state index contributed by atoms with van der Waals surface area (Å²) in [6.07, 6.45) is 6.48. The molecule has 2 saturated heterocycles. The van der Waals surface area contributed by atoms with E-state index in [0.29, 0.717) is 12.8 Å². The van der Waals surface area contributed by atoms with Crippen molar-refractivity contribution in [3.63, 3.8) is 0 Å². The molecule has 0 aromatic carbocycles. The predicted octanol–water partition coefficient (Wildman–Crippen LogP) is 2.60. The monoisotopic (exact) mass is 427 g/mol. The lowest BCUT2D eigenvalue weighted by Crippen LogP contribution is -2.35. The summed E-state index contributed by atoms with van der Waals surface area (Å²) in [7, 11) is 1.54. The van der Waals surface area contributed by atoms with Crippen molar-refractivity contribution >= 4 is 17.5 Å². The molecule has 4 heterocycles. The number of hydrogen-bond acceptors (Lipinski definition) is 5. The van der Waals surface area contributed by atoms with Gasteiger partial charge in [0.15, 0.2) is 5.65 Å². The third kappa shape index (κ3) is 4.44. The number of methoxy groups -OCH3 is 1. The molecule has 2 aromatic heterocycles. The molecule has 0 saturated carbocycles. The van der Waals surface area contributed by atoms with Gasteiger partial charge in [-0.3, -0.25) is 9.59 Å². The summed E-state index contributed by atoms with van der Waals surface area (Å²) >= 11 is 0. The molecule has 0 radical (unpaired) electrons. The minimum Gasteiger partial charge on any atom is -0.375 e. The molecule has 0 bridgehead atoms. The zero-order valence-corrected chi connectivity index (χ0v) is 18.9. The Balaban J connectivity index is 1.54. The van der Waals surface area contributed by atoms with Crippen LogP contribution in [0.1, 0.15) is 67.2 Å². The van der Waals surface area contributed by atoms with E-state index in [0.717, 1.165) is 73.6 Å². The molecule has 0 N–H and O–H groups in total. The average Bonchev–Trinajstić information content (AvgIpc) is 3.41. The fraction of sp³-hybridized carbons (Fsp3) is 0.652. The second-order valence-corrected chi connectivity index (χ2v) is 8.72. The fourth-order valence-electron chi connectivity index (χ4n) is 4.98. The summed E-state index contributed by atoms with van der Waals surface area (Å²) in [5, 5.41) is 4.83. The number of fused-ring (bicyclic) bond motifs is 1. The first-order chi connectivity index (χ1) is 15.0. The van der Waals surface area contributed by atoms with Gasteiger partial charge in [0.1, 0.15) is 6.61 Å². The summed E-state index contributed by atoms with van der Waals surface area (Å²) in [6.45, 7) is 6.64. The standard InChI is InChI=1S/C23H33N5O3/c1-16-18(9-10-22(29)26-11-5-4-6-12-26)17(2)28-21(24-16)14-19(25-28)20-8-7-13-27(20)23(30)15-31-3/h14,20H,4-13,15H2,1-3H3. The van der Waals surface area contributed by atoms with Gasteiger partial charge >= 0.3 is 0 Å². The summed E-state index contributed by atoms with van der Waals surface area (Å²) in [4.78, 5) is 33.7. The Hall–Kier alpha value is -2.48. The van der Waals surface area contributed by atoms with Gasteiger partial charge in [-0.25, -0.2) is 9.50 Å². The maximum atomic E-state index is 12.6. The first kappa shape index (κ1) is 21.7. The van der Waals surface area contributed by atoms with E-state index < -0.39 is 0 Å². The van der Waals surface area contributed by atoms with Crippen molar-refractivity contribution in [2.24, 2.45) is 0 Å². The summed E-state index contributed by atoms with van der Waals surface area (Å²) in [5.41, 5.74) is 4.72. The molecule has 8 heteroatoms. The largest absolute Gasteiger partial charge is 0.375 e. The Kier molecular flexibility index (Phi) is 6.55. The van der Waals surface area contributed by atoms with E-state index in [1.807, 2.05) is 34.2 Å². The van der Waals surface area contributed by atoms with Crippen molar-refractivity contribution in [3.8, 4) is 0 Å². The van der Waals surface area contributed by atoms with Crippen molar-refractivity contribution in [2.75, 3.05) is 33.4 Å². The average molecular weight is 428 g/mol. The van der Waals surface area contributed by atoms with Gasteiger partial charge < -0.3 is 14.5 Å². The molecular weight excluding hydrogens is 394 g/mol. The quantitative estimate of drug-likeness (QED) is 0.708. The Morgan fingerprint density at radius 1 is 1.10 bits per heavy atom. The van der Waals surface area contributed by atoms with Crippen LogP contribution in [-0.4, -0.2) is 69.6 Å². The number of hydrogen-bond donors (Lipinski definition) is 0. The maximum absolute atomic E-state index is 12.6. The molecule has 8 nitrogen and oxygen atoms in total. The number of ether oxygens (including phenoxy) is 1. The van der Waals surface area contributed by atoms with E-state index in [1.165, 1.54) is 6.42 Å². The minimum absolute atomic E-state index is 0.000156. The zero-order valence-electron chi connectivity index (χ0n) is 18.9. The summed E-state index contributed by atoms with van der Waals surface area (Å²) in [6, 6.07) is 1.96. The van der Waals surface area contributed by atoms with Gasteiger partial charge in [0.05, 0.1) is 11.7 Å². The van der Waals surface area contributed by atoms with E-state index in [-0.39, 0.29) is 24.5 Å². The normalized spacial score (nSPS) is 19.4. The lowest BCUT2D eigenvalue weighted by Gasteiger charge is -2.26. The highest BCUT2D eigenvalue weighted by Gasteiger charge is 2.32. The molecular formula is C23H33N5O3. The van der Waals surface area contributed by atoms with Crippen LogP contribution in [0, 0.1) is 13.8 Å². The van der Waals surface area contributed by atoms with Crippen LogP contribution in [0.15, 0.2) is 6.07 Å². The number of piperidine rings is 1. The smallest absolute Gasteiger partial charge is 0.249 e. The topological polar surface area (TPSA) is 80.0 Å². The lowest BCUT2D eigenvalue weighted by molar-refractivity contribution is -0.136. The van der Waals surface area contributed by atoms with Gasteiger partial charge in [0, 0.05) is 50.6 Å². The number of nitrogens with zero attached hydrogens (tertiary/aromatic N) is 5. The molecule has 1 atom stereocenters. The first-order valence-corrected chi connectivity index (χ1v) is 11.4. The number of aryl methyl sites for hydroxylation is 2. The highest BCUT2D eigenvalue weighted by atomic mass is 16.5. The Bertz CT molecular complexity index is 964. The van der Waals surface area contributed by atoms with Crippen molar-refractivity contribution in [1.29, 1.82) is 0 Å². The van der Waals surface area contributed by atoms with E-state index in [4.69, 9.17) is 14.8 Å². The molecule has 2 aromatic rings. The first-order valence-electron chi connectivity index (χ1n) is 11.4. The van der Waals surface area contributed by atoms with Crippen LogP contribution in [0.3, 0.4) is 0 Å².